The molecule has 0 spiro atoms. The SMILES string of the molecule is CN(CCC(=O)c1ccc(Br)cc1Cl)c1ccccc1F. The Bertz CT molecular complexity index is 662. The number of hydrogen-bond acceptors (Lipinski definition) is 2. The molecule has 5 heteroatoms. The van der Waals surface area contributed by atoms with E-state index >= 15 is 0 Å². The van der Waals surface area contributed by atoms with E-state index in [9.17, 15) is 9.18 Å². The van der Waals surface area contributed by atoms with Crippen molar-refractivity contribution in [3.8, 4) is 0 Å². The number of benzene rings is 2. The van der Waals surface area contributed by atoms with Crippen LogP contribution in [0.5, 0.6) is 0 Å². The third kappa shape index (κ3) is 4.05. The fourth-order valence-electron chi connectivity index (χ4n) is 2.00. The molecule has 2 nitrogen and oxygen atoms in total. The van der Waals surface area contributed by atoms with Crippen LogP contribution in [0.3, 0.4) is 0 Å². The van der Waals surface area contributed by atoms with Crippen LogP contribution >= 0.6 is 27.5 Å². The van der Waals surface area contributed by atoms with Gasteiger partial charge in [-0.2, -0.15) is 0 Å². The first-order valence-electron chi connectivity index (χ1n) is 6.43. The van der Waals surface area contributed by atoms with Crippen molar-refractivity contribution in [2.45, 2.75) is 6.42 Å². The molecule has 0 heterocycles. The molecule has 0 aliphatic rings. The number of Topliss-reactive ketones (excluding diaryl/α,β-unsaturated/α-hetero) is 1. The van der Waals surface area contributed by atoms with Crippen LogP contribution in [0.4, 0.5) is 10.1 Å². The Labute approximate surface area is 136 Å². The quantitative estimate of drug-likeness (QED) is 0.694. The molecular weight excluding hydrogens is 357 g/mol. The molecule has 2 aromatic carbocycles. The van der Waals surface area contributed by atoms with Crippen LogP contribution in [-0.4, -0.2) is 19.4 Å². The first-order valence-corrected chi connectivity index (χ1v) is 7.60. The lowest BCUT2D eigenvalue weighted by atomic mass is 10.1. The summed E-state index contributed by atoms with van der Waals surface area (Å²) in [6, 6.07) is 11.7. The van der Waals surface area contributed by atoms with E-state index in [4.69, 9.17) is 11.6 Å². The monoisotopic (exact) mass is 369 g/mol. The minimum Gasteiger partial charge on any atom is -0.372 e. The average Bonchev–Trinajstić information content (AvgIpc) is 2.45. The highest BCUT2D eigenvalue weighted by Gasteiger charge is 2.13. The van der Waals surface area contributed by atoms with Crippen molar-refractivity contribution in [2.24, 2.45) is 0 Å². The lowest BCUT2D eigenvalue weighted by molar-refractivity contribution is 0.0985. The molecule has 0 aliphatic heterocycles. The Morgan fingerprint density at radius 2 is 2.00 bits per heavy atom. The van der Waals surface area contributed by atoms with E-state index < -0.39 is 0 Å². The van der Waals surface area contributed by atoms with Gasteiger partial charge in [0.15, 0.2) is 5.78 Å². The lowest BCUT2D eigenvalue weighted by Crippen LogP contribution is -2.22. The Hall–Kier alpha value is -1.39. The summed E-state index contributed by atoms with van der Waals surface area (Å²) in [7, 11) is 1.76. The van der Waals surface area contributed by atoms with Crippen LogP contribution in [0.1, 0.15) is 16.8 Å². The third-order valence-corrected chi connectivity index (χ3v) is 3.98. The van der Waals surface area contributed by atoms with Crippen molar-refractivity contribution < 1.29 is 9.18 Å². The minimum absolute atomic E-state index is 0.0595. The average molecular weight is 371 g/mol. The summed E-state index contributed by atoms with van der Waals surface area (Å²) in [5, 5.41) is 0.419. The smallest absolute Gasteiger partial charge is 0.166 e. The fraction of sp³-hybridized carbons (Fsp3) is 0.188. The summed E-state index contributed by atoms with van der Waals surface area (Å²) in [6.07, 6.45) is 0.270. The van der Waals surface area contributed by atoms with E-state index in [1.54, 1.807) is 48.3 Å². The second kappa shape index (κ2) is 7.05. The predicted molar refractivity (Wildman–Crippen MR) is 87.8 cm³/mol. The summed E-state index contributed by atoms with van der Waals surface area (Å²) in [5.41, 5.74) is 0.967. The number of carbonyl (C=O) groups excluding carboxylic acids is 1. The Kier molecular flexibility index (Phi) is 5.37. The van der Waals surface area contributed by atoms with Crippen molar-refractivity contribution in [3.05, 3.63) is 63.3 Å². The molecule has 0 aliphatic carbocycles. The van der Waals surface area contributed by atoms with Gasteiger partial charge in [0, 0.05) is 30.0 Å². The zero-order chi connectivity index (χ0) is 15.4. The molecule has 0 atom stereocenters. The molecule has 0 saturated carbocycles. The number of rotatable bonds is 5. The van der Waals surface area contributed by atoms with Gasteiger partial charge in [0.2, 0.25) is 0 Å². The lowest BCUT2D eigenvalue weighted by Gasteiger charge is -2.19. The Balaban J connectivity index is 2.02. The highest BCUT2D eigenvalue weighted by atomic mass is 79.9. The van der Waals surface area contributed by atoms with Crippen LogP contribution in [0, 0.1) is 5.82 Å². The van der Waals surface area contributed by atoms with Gasteiger partial charge < -0.3 is 4.90 Å². The number of nitrogens with zero attached hydrogens (tertiary/aromatic N) is 1. The van der Waals surface area contributed by atoms with E-state index in [0.717, 1.165) is 4.47 Å². The number of carbonyl (C=O) groups is 1. The van der Waals surface area contributed by atoms with Gasteiger partial charge in [-0.1, -0.05) is 39.7 Å². The van der Waals surface area contributed by atoms with E-state index in [-0.39, 0.29) is 18.0 Å². The number of para-hydroxylation sites is 1. The first kappa shape index (κ1) is 16.0. The van der Waals surface area contributed by atoms with Gasteiger partial charge in [-0.05, 0) is 30.3 Å². The molecule has 0 amide bonds. The second-order valence-corrected chi connectivity index (χ2v) is 5.99. The van der Waals surface area contributed by atoms with Crippen molar-refractivity contribution >= 4 is 39.0 Å². The van der Waals surface area contributed by atoms with Crippen molar-refractivity contribution in [1.29, 1.82) is 0 Å². The standard InChI is InChI=1S/C16H14BrClFNO/c1-20(15-5-3-2-4-14(15)19)9-8-16(21)12-7-6-11(17)10-13(12)18/h2-7,10H,8-9H2,1H3. The molecule has 110 valence electrons. The molecule has 0 fully saturated rings. The van der Waals surface area contributed by atoms with Gasteiger partial charge in [0.25, 0.3) is 0 Å². The maximum atomic E-state index is 13.6. The Morgan fingerprint density at radius 3 is 2.67 bits per heavy atom. The molecule has 21 heavy (non-hydrogen) atoms. The highest BCUT2D eigenvalue weighted by Crippen LogP contribution is 2.23. The van der Waals surface area contributed by atoms with E-state index in [2.05, 4.69) is 15.9 Å². The number of ketones is 1. The molecule has 2 rings (SSSR count). The summed E-state index contributed by atoms with van der Waals surface area (Å²) in [4.78, 5) is 13.9. The molecule has 0 radical (unpaired) electrons. The van der Waals surface area contributed by atoms with Gasteiger partial charge >= 0.3 is 0 Å². The predicted octanol–water partition coefficient (Wildman–Crippen LogP) is 4.95. The van der Waals surface area contributed by atoms with Gasteiger partial charge in [-0.3, -0.25) is 4.79 Å². The van der Waals surface area contributed by atoms with Crippen molar-refractivity contribution in [1.82, 2.24) is 0 Å². The fourth-order valence-corrected chi connectivity index (χ4v) is 2.78. The normalized spacial score (nSPS) is 10.5. The van der Waals surface area contributed by atoms with Crippen LogP contribution in [0.2, 0.25) is 5.02 Å². The summed E-state index contributed by atoms with van der Waals surface area (Å²) < 4.78 is 14.5. The summed E-state index contributed by atoms with van der Waals surface area (Å²) in [6.45, 7) is 0.423. The van der Waals surface area contributed by atoms with Gasteiger partial charge in [0.1, 0.15) is 5.82 Å². The maximum absolute atomic E-state index is 13.6. The zero-order valence-electron chi connectivity index (χ0n) is 11.4. The first-order chi connectivity index (χ1) is 9.99. The van der Waals surface area contributed by atoms with Gasteiger partial charge in [0.05, 0.1) is 10.7 Å². The topological polar surface area (TPSA) is 20.3 Å². The van der Waals surface area contributed by atoms with Crippen molar-refractivity contribution in [2.75, 3.05) is 18.5 Å². The van der Waals surface area contributed by atoms with E-state index in [1.165, 1.54) is 6.07 Å². The molecule has 0 unspecified atom stereocenters. The largest absolute Gasteiger partial charge is 0.372 e. The van der Waals surface area contributed by atoms with Crippen LogP contribution in [0.15, 0.2) is 46.9 Å². The number of anilines is 1. The molecule has 2 aromatic rings. The second-order valence-electron chi connectivity index (χ2n) is 4.67. The van der Waals surface area contributed by atoms with Gasteiger partial charge in [-0.25, -0.2) is 4.39 Å². The summed E-state index contributed by atoms with van der Waals surface area (Å²) >= 11 is 9.36. The van der Waals surface area contributed by atoms with Crippen LogP contribution < -0.4 is 4.90 Å². The zero-order valence-corrected chi connectivity index (χ0v) is 13.8. The van der Waals surface area contributed by atoms with Crippen LogP contribution in [-0.2, 0) is 0 Å². The highest BCUT2D eigenvalue weighted by molar-refractivity contribution is 9.10. The van der Waals surface area contributed by atoms with Crippen LogP contribution in [0.25, 0.3) is 0 Å². The van der Waals surface area contributed by atoms with E-state index in [0.29, 0.717) is 22.8 Å². The molecule has 0 aromatic heterocycles. The molecule has 0 saturated heterocycles. The van der Waals surface area contributed by atoms with Crippen molar-refractivity contribution in [3.63, 3.8) is 0 Å². The van der Waals surface area contributed by atoms with Gasteiger partial charge in [-0.15, -0.1) is 0 Å². The Morgan fingerprint density at radius 1 is 1.29 bits per heavy atom. The third-order valence-electron chi connectivity index (χ3n) is 3.17. The number of hydrogen-bond donors (Lipinski definition) is 0. The maximum Gasteiger partial charge on any atom is 0.166 e. The molecular formula is C16H14BrClFNO. The minimum atomic E-state index is -0.297. The molecule has 0 bridgehead atoms. The molecule has 0 N–H and O–H groups in total. The summed E-state index contributed by atoms with van der Waals surface area (Å²) in [5.74, 6) is -0.357. The van der Waals surface area contributed by atoms with E-state index in [1.807, 2.05) is 0 Å². The number of halogens is 3.